The maximum absolute atomic E-state index is 13.1. The molecule has 21 heteroatoms. The van der Waals surface area contributed by atoms with Gasteiger partial charge >= 0.3 is 54.6 Å². The molecule has 3 nitrogen and oxygen atoms in total. The van der Waals surface area contributed by atoms with E-state index in [0.29, 0.717) is 0 Å². The fraction of sp³-hybridized carbons (Fsp3) is 0.600. The average Bonchev–Trinajstić information content (AvgIpc) is 2.50. The molecule has 0 saturated carbocycles. The van der Waals surface area contributed by atoms with E-state index < -0.39 is 60.5 Å². The lowest BCUT2D eigenvalue weighted by molar-refractivity contribution is -0.533. The van der Waals surface area contributed by atoms with Crippen LogP contribution in [0.4, 0.5) is 79.0 Å². The molecular weight excluding hydrogens is 510 g/mol. The fourth-order valence-corrected chi connectivity index (χ4v) is 1.12. The predicted octanol–water partition coefficient (Wildman–Crippen LogP) is 6.75. The Morgan fingerprint density at radius 3 is 1.16 bits per heavy atom. The number of hydrogen-bond donors (Lipinski definition) is 0. The highest BCUT2D eigenvalue weighted by Gasteiger charge is 2.85. The summed E-state index contributed by atoms with van der Waals surface area (Å²) in [6, 6.07) is -3.81. The van der Waals surface area contributed by atoms with Crippen molar-refractivity contribution in [3.63, 3.8) is 0 Å². The largest absolute Gasteiger partial charge is 0.541 e. The van der Waals surface area contributed by atoms with Crippen molar-refractivity contribution in [1.29, 1.82) is 0 Å². The Morgan fingerprint density at radius 2 is 0.839 bits per heavy atom. The SMILES string of the molecule is FC(F)=C(F)OC(F)(F)OC(F)(F)C(F)(F)C(F)(F)C(F)(F)OC(F)(F)C(F)=C(F)F. The highest BCUT2D eigenvalue weighted by atomic mass is 19.4. The number of alkyl halides is 12. The van der Waals surface area contributed by atoms with E-state index in [9.17, 15) is 79.0 Å². The molecule has 0 heterocycles. The van der Waals surface area contributed by atoms with Gasteiger partial charge in [-0.2, -0.15) is 70.2 Å². The van der Waals surface area contributed by atoms with Gasteiger partial charge in [-0.3, -0.25) is 0 Å². The first-order chi connectivity index (χ1) is 13.3. The van der Waals surface area contributed by atoms with E-state index in [1.54, 1.807) is 0 Å². The van der Waals surface area contributed by atoms with Crippen molar-refractivity contribution in [2.24, 2.45) is 0 Å². The topological polar surface area (TPSA) is 27.7 Å². The summed E-state index contributed by atoms with van der Waals surface area (Å²) in [4.78, 5) is 0. The molecule has 0 bridgehead atoms. The minimum absolute atomic E-state index is 1.44. The summed E-state index contributed by atoms with van der Waals surface area (Å²) in [6.45, 7) is 0. The Kier molecular flexibility index (Phi) is 7.90. The molecule has 0 rings (SSSR count). The third kappa shape index (κ3) is 6.01. The van der Waals surface area contributed by atoms with Gasteiger partial charge in [0.15, 0.2) is 0 Å². The average molecular weight is 510 g/mol. The van der Waals surface area contributed by atoms with Gasteiger partial charge in [0, 0.05) is 0 Å². The third-order valence-electron chi connectivity index (χ3n) is 2.41. The van der Waals surface area contributed by atoms with Crippen LogP contribution in [-0.4, -0.2) is 36.5 Å². The highest BCUT2D eigenvalue weighted by Crippen LogP contribution is 2.56. The molecular formula is C10F18O3. The van der Waals surface area contributed by atoms with E-state index in [1.165, 1.54) is 9.47 Å². The zero-order chi connectivity index (χ0) is 25.4. The maximum Gasteiger partial charge on any atom is 0.541 e. The van der Waals surface area contributed by atoms with Crippen molar-refractivity contribution in [1.82, 2.24) is 0 Å². The molecule has 0 fully saturated rings. The smallest absolute Gasteiger partial charge is 0.378 e. The molecule has 0 aromatic carbocycles. The first-order valence-corrected chi connectivity index (χ1v) is 6.13. The van der Waals surface area contributed by atoms with Gasteiger partial charge in [-0.1, -0.05) is 0 Å². The third-order valence-corrected chi connectivity index (χ3v) is 2.41. The molecule has 0 aromatic rings. The van der Waals surface area contributed by atoms with E-state index >= 15 is 0 Å². The van der Waals surface area contributed by atoms with Crippen molar-refractivity contribution in [2.75, 3.05) is 0 Å². The first kappa shape index (κ1) is 28.9. The van der Waals surface area contributed by atoms with Crippen molar-refractivity contribution in [2.45, 2.75) is 36.5 Å². The fourth-order valence-electron chi connectivity index (χ4n) is 1.12. The summed E-state index contributed by atoms with van der Waals surface area (Å²) in [5.74, 6) is -20.6. The maximum atomic E-state index is 13.1. The Bertz CT molecular complexity index is 716. The van der Waals surface area contributed by atoms with Gasteiger partial charge < -0.3 is 4.74 Å². The number of halogens is 18. The molecule has 0 aromatic heterocycles. The van der Waals surface area contributed by atoms with E-state index in [-0.39, 0.29) is 0 Å². The van der Waals surface area contributed by atoms with Crippen LogP contribution in [0, 0.1) is 0 Å². The van der Waals surface area contributed by atoms with E-state index in [2.05, 4.69) is 0 Å². The Morgan fingerprint density at radius 1 is 0.484 bits per heavy atom. The molecule has 31 heavy (non-hydrogen) atoms. The van der Waals surface area contributed by atoms with Crippen LogP contribution in [0.2, 0.25) is 0 Å². The Labute approximate surface area is 155 Å². The normalized spacial score (nSPS) is 14.4. The first-order valence-electron chi connectivity index (χ1n) is 6.13. The molecule has 0 unspecified atom stereocenters. The van der Waals surface area contributed by atoms with Crippen LogP contribution in [0.15, 0.2) is 24.0 Å². The van der Waals surface area contributed by atoms with E-state index in [0.717, 1.165) is 0 Å². The quantitative estimate of drug-likeness (QED) is 0.185. The summed E-state index contributed by atoms with van der Waals surface area (Å²) in [6.07, 6.45) is -37.1. The van der Waals surface area contributed by atoms with Crippen molar-refractivity contribution < 1.29 is 93.2 Å². The molecule has 0 radical (unpaired) electrons. The van der Waals surface area contributed by atoms with Crippen LogP contribution in [-0.2, 0) is 14.2 Å². The summed E-state index contributed by atoms with van der Waals surface area (Å²) >= 11 is 0. The molecule has 184 valence electrons. The van der Waals surface area contributed by atoms with Crippen molar-refractivity contribution in [3.05, 3.63) is 24.0 Å². The van der Waals surface area contributed by atoms with Gasteiger partial charge in [0.05, 0.1) is 0 Å². The van der Waals surface area contributed by atoms with Gasteiger partial charge in [-0.05, 0) is 0 Å². The molecule has 0 aliphatic heterocycles. The van der Waals surface area contributed by atoms with E-state index in [1.807, 2.05) is 4.74 Å². The standard InChI is InChI=1S/C10F18O3/c11-1(2(12)13)5(17,18)30-8(23,24)6(19,20)7(21,22)9(25,26)31-10(27,28)29-4(16)3(14)15. The zero-order valence-electron chi connectivity index (χ0n) is 13.0. The second-order valence-corrected chi connectivity index (χ2v) is 4.58. The molecule has 0 atom stereocenters. The lowest BCUT2D eigenvalue weighted by Gasteiger charge is -2.36. The Hall–Kier alpha value is -2.06. The molecule has 0 saturated heterocycles. The van der Waals surface area contributed by atoms with Crippen molar-refractivity contribution in [3.8, 4) is 0 Å². The van der Waals surface area contributed by atoms with Crippen molar-refractivity contribution >= 4 is 0 Å². The van der Waals surface area contributed by atoms with Crippen LogP contribution in [0.5, 0.6) is 0 Å². The lowest BCUT2D eigenvalue weighted by atomic mass is 10.1. The Balaban J connectivity index is 6.09. The second-order valence-electron chi connectivity index (χ2n) is 4.58. The van der Waals surface area contributed by atoms with E-state index in [4.69, 9.17) is 0 Å². The second kappa shape index (κ2) is 8.47. The molecule has 0 aliphatic carbocycles. The summed E-state index contributed by atoms with van der Waals surface area (Å²) in [7, 11) is 0. The van der Waals surface area contributed by atoms with Crippen LogP contribution >= 0.6 is 0 Å². The summed E-state index contributed by atoms with van der Waals surface area (Å²) in [5, 5.41) is 0. The number of rotatable bonds is 10. The number of ether oxygens (including phenoxy) is 3. The van der Waals surface area contributed by atoms with Crippen LogP contribution in [0.1, 0.15) is 0 Å². The minimum atomic E-state index is -8.12. The minimum Gasteiger partial charge on any atom is -0.378 e. The van der Waals surface area contributed by atoms with Crippen LogP contribution in [0.25, 0.3) is 0 Å². The predicted molar refractivity (Wildman–Crippen MR) is 53.6 cm³/mol. The molecule has 0 aliphatic rings. The van der Waals surface area contributed by atoms with Gasteiger partial charge in [-0.25, -0.2) is 9.47 Å². The zero-order valence-corrected chi connectivity index (χ0v) is 13.0. The summed E-state index contributed by atoms with van der Waals surface area (Å²) in [5.41, 5.74) is 0. The van der Waals surface area contributed by atoms with Crippen LogP contribution < -0.4 is 0 Å². The molecule has 0 spiro atoms. The number of hydrogen-bond acceptors (Lipinski definition) is 3. The van der Waals surface area contributed by atoms with Gasteiger partial charge in [0.25, 0.3) is 5.83 Å². The highest BCUT2D eigenvalue weighted by molar-refractivity contribution is 5.03. The molecule has 0 N–H and O–H groups in total. The monoisotopic (exact) mass is 510 g/mol. The molecule has 0 amide bonds. The lowest BCUT2D eigenvalue weighted by Crippen LogP contribution is -2.65. The van der Waals surface area contributed by atoms with Crippen LogP contribution in [0.3, 0.4) is 0 Å². The van der Waals surface area contributed by atoms with Gasteiger partial charge in [-0.15, -0.1) is 8.78 Å². The summed E-state index contributed by atoms with van der Waals surface area (Å²) < 4.78 is 230. The van der Waals surface area contributed by atoms with Gasteiger partial charge in [0.2, 0.25) is 0 Å². The van der Waals surface area contributed by atoms with Gasteiger partial charge in [0.1, 0.15) is 0 Å².